The van der Waals surface area contributed by atoms with E-state index in [1.54, 1.807) is 12.1 Å². The Hall–Kier alpha value is -2.42. The second-order valence-corrected chi connectivity index (χ2v) is 5.55. The Labute approximate surface area is 141 Å². The number of carbonyl (C=O) groups is 3. The number of rotatable bonds is 6. The highest BCUT2D eigenvalue weighted by atomic mass is 19.4. The average molecular weight is 359 g/mol. The largest absolute Gasteiger partial charge is 0.467 e. The second kappa shape index (κ2) is 7.22. The standard InChI is InChI=1S/C16H16F3NO5/c1-25-15(24)11(7-4-8-12(21)16(17,18)19)20-13(22)9-5-2-3-6-10(9)14(20)23/h2-3,5-6,11-12,21H,4,7-8H2,1H3. The van der Waals surface area contributed by atoms with E-state index in [0.717, 1.165) is 7.11 Å². The molecule has 0 saturated heterocycles. The van der Waals surface area contributed by atoms with Crippen LogP contribution >= 0.6 is 0 Å². The van der Waals surface area contributed by atoms with Gasteiger partial charge in [0.2, 0.25) is 0 Å². The molecule has 0 radical (unpaired) electrons. The molecule has 1 aliphatic rings. The van der Waals surface area contributed by atoms with Crippen molar-refractivity contribution in [2.24, 2.45) is 0 Å². The first-order valence-electron chi connectivity index (χ1n) is 7.48. The van der Waals surface area contributed by atoms with Crippen LogP contribution in [0.2, 0.25) is 0 Å². The molecule has 1 aromatic carbocycles. The van der Waals surface area contributed by atoms with E-state index in [9.17, 15) is 27.6 Å². The molecule has 2 unspecified atom stereocenters. The molecular formula is C16H16F3NO5. The Kier molecular flexibility index (Phi) is 5.46. The SMILES string of the molecule is COC(=O)C(CCCC(O)C(F)(F)F)N1C(=O)c2ccccc2C1=O. The van der Waals surface area contributed by atoms with E-state index in [0.29, 0.717) is 4.90 Å². The third-order valence-electron chi connectivity index (χ3n) is 3.94. The molecular weight excluding hydrogens is 343 g/mol. The minimum Gasteiger partial charge on any atom is -0.467 e. The van der Waals surface area contributed by atoms with Crippen molar-refractivity contribution < 1.29 is 37.4 Å². The molecule has 2 rings (SSSR count). The van der Waals surface area contributed by atoms with E-state index in [1.807, 2.05) is 0 Å². The minimum absolute atomic E-state index is 0.122. The number of aliphatic hydroxyl groups excluding tert-OH is 1. The van der Waals surface area contributed by atoms with Gasteiger partial charge >= 0.3 is 12.1 Å². The fourth-order valence-electron chi connectivity index (χ4n) is 2.65. The summed E-state index contributed by atoms with van der Waals surface area (Å²) in [7, 11) is 1.05. The predicted molar refractivity (Wildman–Crippen MR) is 78.7 cm³/mol. The molecule has 2 amide bonds. The zero-order valence-corrected chi connectivity index (χ0v) is 13.2. The van der Waals surface area contributed by atoms with Gasteiger partial charge in [-0.05, 0) is 31.4 Å². The molecule has 0 bridgehead atoms. The van der Waals surface area contributed by atoms with Crippen molar-refractivity contribution in [2.75, 3.05) is 7.11 Å². The molecule has 1 heterocycles. The first-order valence-corrected chi connectivity index (χ1v) is 7.48. The zero-order valence-electron chi connectivity index (χ0n) is 13.2. The van der Waals surface area contributed by atoms with Crippen LogP contribution in [-0.2, 0) is 9.53 Å². The van der Waals surface area contributed by atoms with Crippen LogP contribution in [0.4, 0.5) is 13.2 Å². The number of esters is 1. The number of benzene rings is 1. The van der Waals surface area contributed by atoms with E-state index >= 15 is 0 Å². The maximum Gasteiger partial charge on any atom is 0.414 e. The van der Waals surface area contributed by atoms with Crippen molar-refractivity contribution in [3.63, 3.8) is 0 Å². The van der Waals surface area contributed by atoms with E-state index in [-0.39, 0.29) is 24.0 Å². The maximum atomic E-state index is 12.4. The molecule has 2 atom stereocenters. The summed E-state index contributed by atoms with van der Waals surface area (Å²) < 4.78 is 41.6. The van der Waals surface area contributed by atoms with E-state index in [4.69, 9.17) is 5.11 Å². The number of ether oxygens (including phenoxy) is 1. The van der Waals surface area contributed by atoms with Crippen molar-refractivity contribution in [1.29, 1.82) is 0 Å². The summed E-state index contributed by atoms with van der Waals surface area (Å²) in [6.07, 6.45) is -8.43. The molecule has 1 N–H and O–H groups in total. The quantitative estimate of drug-likeness (QED) is 0.620. The highest BCUT2D eigenvalue weighted by Gasteiger charge is 2.43. The summed E-state index contributed by atoms with van der Waals surface area (Å²) in [5.41, 5.74) is 0.244. The number of carbonyl (C=O) groups excluding carboxylic acids is 3. The van der Waals surface area contributed by atoms with Crippen LogP contribution in [0.3, 0.4) is 0 Å². The van der Waals surface area contributed by atoms with Crippen molar-refractivity contribution in [3.8, 4) is 0 Å². The molecule has 0 saturated carbocycles. The van der Waals surface area contributed by atoms with Gasteiger partial charge in [0, 0.05) is 0 Å². The van der Waals surface area contributed by atoms with Crippen LogP contribution in [0.5, 0.6) is 0 Å². The molecule has 25 heavy (non-hydrogen) atoms. The Morgan fingerprint density at radius 3 is 2.12 bits per heavy atom. The summed E-state index contributed by atoms with van der Waals surface area (Å²) in [6.45, 7) is 0. The smallest absolute Gasteiger partial charge is 0.414 e. The molecule has 0 aromatic heterocycles. The summed E-state index contributed by atoms with van der Waals surface area (Å²) in [5.74, 6) is -2.31. The fourth-order valence-corrected chi connectivity index (χ4v) is 2.65. The predicted octanol–water partition coefficient (Wildman–Crippen LogP) is 1.92. The molecule has 0 fully saturated rings. The fraction of sp³-hybridized carbons (Fsp3) is 0.438. The van der Waals surface area contributed by atoms with Gasteiger partial charge < -0.3 is 9.84 Å². The lowest BCUT2D eigenvalue weighted by Crippen LogP contribution is -2.45. The number of hydrogen-bond donors (Lipinski definition) is 1. The lowest BCUT2D eigenvalue weighted by Gasteiger charge is -2.24. The van der Waals surface area contributed by atoms with Crippen LogP contribution in [0, 0.1) is 0 Å². The third-order valence-corrected chi connectivity index (χ3v) is 3.94. The number of aliphatic hydroxyl groups is 1. The Balaban J connectivity index is 2.15. The van der Waals surface area contributed by atoms with Gasteiger partial charge in [0.25, 0.3) is 11.8 Å². The Bertz CT molecular complexity index is 654. The normalized spacial score (nSPS) is 16.6. The van der Waals surface area contributed by atoms with Crippen molar-refractivity contribution in [3.05, 3.63) is 35.4 Å². The minimum atomic E-state index is -4.77. The molecule has 136 valence electrons. The molecule has 1 aliphatic heterocycles. The Morgan fingerprint density at radius 2 is 1.68 bits per heavy atom. The van der Waals surface area contributed by atoms with Gasteiger partial charge in [-0.15, -0.1) is 0 Å². The van der Waals surface area contributed by atoms with Gasteiger partial charge in [0.05, 0.1) is 18.2 Å². The maximum absolute atomic E-state index is 12.4. The Morgan fingerprint density at radius 1 is 1.16 bits per heavy atom. The number of nitrogens with zero attached hydrogens (tertiary/aromatic N) is 1. The molecule has 0 aliphatic carbocycles. The lowest BCUT2D eigenvalue weighted by atomic mass is 10.1. The summed E-state index contributed by atoms with van der Waals surface area (Å²) >= 11 is 0. The van der Waals surface area contributed by atoms with Gasteiger partial charge in [0.15, 0.2) is 0 Å². The summed E-state index contributed by atoms with van der Waals surface area (Å²) in [4.78, 5) is 37.5. The van der Waals surface area contributed by atoms with Crippen molar-refractivity contribution in [1.82, 2.24) is 4.90 Å². The second-order valence-electron chi connectivity index (χ2n) is 5.55. The molecule has 9 heteroatoms. The highest BCUT2D eigenvalue weighted by Crippen LogP contribution is 2.28. The van der Waals surface area contributed by atoms with Gasteiger partial charge in [-0.1, -0.05) is 12.1 Å². The summed E-state index contributed by atoms with van der Waals surface area (Å²) in [5, 5.41) is 9.02. The highest BCUT2D eigenvalue weighted by molar-refractivity contribution is 6.22. The molecule has 6 nitrogen and oxygen atoms in total. The van der Waals surface area contributed by atoms with E-state index < -0.39 is 42.5 Å². The van der Waals surface area contributed by atoms with Gasteiger partial charge in [-0.2, -0.15) is 13.2 Å². The van der Waals surface area contributed by atoms with Crippen LogP contribution in [0.15, 0.2) is 24.3 Å². The van der Waals surface area contributed by atoms with Gasteiger partial charge in [-0.25, -0.2) is 4.79 Å². The first-order chi connectivity index (χ1) is 11.7. The lowest BCUT2D eigenvalue weighted by molar-refractivity contribution is -0.205. The number of hydrogen-bond acceptors (Lipinski definition) is 5. The van der Waals surface area contributed by atoms with E-state index in [2.05, 4.69) is 4.74 Å². The molecule has 0 spiro atoms. The summed E-state index contributed by atoms with van der Waals surface area (Å²) in [6, 6.07) is 4.62. The average Bonchev–Trinajstić information content (AvgIpc) is 2.82. The number of imide groups is 1. The number of alkyl halides is 3. The zero-order chi connectivity index (χ0) is 18.8. The molecule has 1 aromatic rings. The third kappa shape index (κ3) is 3.81. The van der Waals surface area contributed by atoms with Crippen LogP contribution < -0.4 is 0 Å². The first kappa shape index (κ1) is 18.9. The number of fused-ring (bicyclic) bond motifs is 1. The van der Waals surface area contributed by atoms with Gasteiger partial charge in [0.1, 0.15) is 12.1 Å². The van der Waals surface area contributed by atoms with Gasteiger partial charge in [-0.3, -0.25) is 14.5 Å². The van der Waals surface area contributed by atoms with Crippen LogP contribution in [0.1, 0.15) is 40.0 Å². The topological polar surface area (TPSA) is 83.9 Å². The monoisotopic (exact) mass is 359 g/mol. The van der Waals surface area contributed by atoms with Crippen molar-refractivity contribution in [2.45, 2.75) is 37.6 Å². The number of halogens is 3. The number of methoxy groups -OCH3 is 1. The van der Waals surface area contributed by atoms with Crippen molar-refractivity contribution >= 4 is 17.8 Å². The van der Waals surface area contributed by atoms with Crippen LogP contribution in [0.25, 0.3) is 0 Å². The number of amides is 2. The van der Waals surface area contributed by atoms with E-state index in [1.165, 1.54) is 12.1 Å². The van der Waals surface area contributed by atoms with Crippen LogP contribution in [-0.4, -0.2) is 53.2 Å².